The molecule has 0 aromatic heterocycles. The van der Waals surface area contributed by atoms with E-state index >= 15 is 0 Å². The lowest BCUT2D eigenvalue weighted by Gasteiger charge is -2.27. The van der Waals surface area contributed by atoms with Crippen molar-refractivity contribution in [3.8, 4) is 0 Å². The van der Waals surface area contributed by atoms with Crippen LogP contribution in [-0.2, 0) is 11.3 Å². The zero-order valence-electron chi connectivity index (χ0n) is 9.16. The van der Waals surface area contributed by atoms with Gasteiger partial charge in [-0.1, -0.05) is 63.5 Å². The van der Waals surface area contributed by atoms with Gasteiger partial charge < -0.3 is 4.74 Å². The molecule has 0 radical (unpaired) electrons. The van der Waals surface area contributed by atoms with Crippen LogP contribution in [0.5, 0.6) is 0 Å². The van der Waals surface area contributed by atoms with Crippen LogP contribution in [0.1, 0.15) is 31.2 Å². The number of alkyl halides is 1. The van der Waals surface area contributed by atoms with Gasteiger partial charge in [-0.2, -0.15) is 0 Å². The third-order valence-electron chi connectivity index (χ3n) is 3.00. The molecule has 2 atom stereocenters. The van der Waals surface area contributed by atoms with Gasteiger partial charge in [0.15, 0.2) is 0 Å². The first-order chi connectivity index (χ1) is 7.75. The van der Waals surface area contributed by atoms with Crippen LogP contribution in [0.4, 0.5) is 0 Å². The summed E-state index contributed by atoms with van der Waals surface area (Å²) in [6.45, 7) is 0.747. The van der Waals surface area contributed by atoms with E-state index in [2.05, 4.69) is 62.8 Å². The minimum absolute atomic E-state index is 0.456. The number of halogens is 2. The molecule has 0 saturated heterocycles. The van der Waals surface area contributed by atoms with Crippen molar-refractivity contribution in [2.24, 2.45) is 0 Å². The number of hydrogen-bond acceptors (Lipinski definition) is 1. The van der Waals surface area contributed by atoms with Crippen molar-refractivity contribution < 1.29 is 4.74 Å². The van der Waals surface area contributed by atoms with Crippen LogP contribution in [0.2, 0.25) is 0 Å². The molecule has 1 saturated carbocycles. The molecule has 16 heavy (non-hydrogen) atoms. The summed E-state index contributed by atoms with van der Waals surface area (Å²) in [7, 11) is 0. The molecule has 1 aliphatic rings. The lowest BCUT2D eigenvalue weighted by atomic mass is 9.98. The Bertz CT molecular complexity index is 325. The predicted octanol–water partition coefficient (Wildman–Crippen LogP) is 4.71. The minimum Gasteiger partial charge on any atom is -0.372 e. The molecule has 2 unspecified atom stereocenters. The van der Waals surface area contributed by atoms with E-state index in [1.54, 1.807) is 0 Å². The molecule has 0 bridgehead atoms. The summed E-state index contributed by atoms with van der Waals surface area (Å²) in [5.74, 6) is 0. The van der Waals surface area contributed by atoms with Crippen molar-refractivity contribution in [3.63, 3.8) is 0 Å². The zero-order valence-corrected chi connectivity index (χ0v) is 12.9. The van der Waals surface area contributed by atoms with Gasteiger partial charge in [0.25, 0.3) is 0 Å². The molecule has 88 valence electrons. The highest BCUT2D eigenvalue weighted by Gasteiger charge is 2.22. The molecule has 1 fully saturated rings. The van der Waals surface area contributed by atoms with E-state index in [0.29, 0.717) is 10.0 Å². The van der Waals surface area contributed by atoms with E-state index in [-0.39, 0.29) is 0 Å². The first-order valence-electron chi connectivity index (χ1n) is 5.76. The van der Waals surface area contributed by atoms with Crippen molar-refractivity contribution in [3.05, 3.63) is 34.3 Å². The van der Waals surface area contributed by atoms with Gasteiger partial charge in [-0.05, 0) is 30.5 Å². The summed E-state index contributed by atoms with van der Waals surface area (Å²) in [5, 5.41) is 0. The maximum atomic E-state index is 6.00. The Balaban J connectivity index is 1.84. The molecule has 1 aromatic carbocycles. The van der Waals surface area contributed by atoms with Crippen LogP contribution in [0, 0.1) is 0 Å². The van der Waals surface area contributed by atoms with E-state index in [4.69, 9.17) is 4.74 Å². The number of benzene rings is 1. The summed E-state index contributed by atoms with van der Waals surface area (Å²) in [5.41, 5.74) is 1.26. The Morgan fingerprint density at radius 2 is 1.88 bits per heavy atom. The predicted molar refractivity (Wildman–Crippen MR) is 79.0 cm³/mol. The molecule has 1 aliphatic carbocycles. The number of rotatable bonds is 3. The van der Waals surface area contributed by atoms with Crippen LogP contribution < -0.4 is 0 Å². The molecule has 2 rings (SSSR count). The van der Waals surface area contributed by atoms with Gasteiger partial charge in [-0.15, -0.1) is 0 Å². The summed E-state index contributed by atoms with van der Waals surface area (Å²) in [4.78, 5) is 0. The third kappa shape index (κ3) is 3.70. The lowest BCUT2D eigenvalue weighted by Crippen LogP contribution is -2.27. The van der Waals surface area contributed by atoms with Gasteiger partial charge in [0.2, 0.25) is 0 Å². The second-order valence-corrected chi connectivity index (χ2v) is 6.79. The fraction of sp³-hybridized carbons (Fsp3) is 0.538. The Morgan fingerprint density at radius 1 is 1.19 bits per heavy atom. The van der Waals surface area contributed by atoms with Gasteiger partial charge in [-0.3, -0.25) is 0 Å². The van der Waals surface area contributed by atoms with Gasteiger partial charge >= 0.3 is 0 Å². The van der Waals surface area contributed by atoms with Crippen molar-refractivity contribution in [2.75, 3.05) is 0 Å². The van der Waals surface area contributed by atoms with E-state index in [1.807, 2.05) is 0 Å². The van der Waals surface area contributed by atoms with Crippen LogP contribution in [0.15, 0.2) is 28.7 Å². The first-order valence-corrected chi connectivity index (χ1v) is 7.79. The molecule has 0 N–H and O–H groups in total. The normalized spacial score (nSPS) is 25.6. The summed E-state index contributed by atoms with van der Waals surface area (Å²) >= 11 is 5.98. The minimum atomic E-state index is 0.456. The van der Waals surface area contributed by atoms with Gasteiger partial charge in [0.1, 0.15) is 0 Å². The quantitative estimate of drug-likeness (QED) is 0.532. The summed E-state index contributed by atoms with van der Waals surface area (Å²) in [6, 6.07) is 8.38. The lowest BCUT2D eigenvalue weighted by molar-refractivity contribution is 0.0246. The Kier molecular flexibility index (Phi) is 5.10. The van der Waals surface area contributed by atoms with Crippen molar-refractivity contribution in [1.82, 2.24) is 0 Å². The topological polar surface area (TPSA) is 9.23 Å². The number of hydrogen-bond donors (Lipinski definition) is 0. The Morgan fingerprint density at radius 3 is 2.56 bits per heavy atom. The van der Waals surface area contributed by atoms with Crippen molar-refractivity contribution >= 4 is 38.5 Å². The molecule has 0 aliphatic heterocycles. The maximum Gasteiger partial charge on any atom is 0.0721 e. The van der Waals surface area contributed by atoms with E-state index < -0.39 is 0 Å². The van der Waals surface area contributed by atoms with Gasteiger partial charge in [0, 0.05) is 8.40 Å². The second-order valence-electron chi connectivity index (χ2n) is 4.28. The molecular weight excluding hydrogens is 379 g/mol. The molecule has 3 heteroatoms. The molecule has 0 spiro atoms. The van der Waals surface area contributed by atoms with Crippen LogP contribution in [0.25, 0.3) is 0 Å². The zero-order chi connectivity index (χ0) is 11.4. The fourth-order valence-corrected chi connectivity index (χ4v) is 3.30. The number of ether oxygens (including phenoxy) is 1. The van der Waals surface area contributed by atoms with Crippen LogP contribution >= 0.6 is 38.5 Å². The Hall–Kier alpha value is 0.390. The summed E-state index contributed by atoms with van der Waals surface area (Å²) < 4.78 is 7.82. The second kappa shape index (κ2) is 6.36. The van der Waals surface area contributed by atoms with Crippen molar-refractivity contribution in [2.45, 2.75) is 42.3 Å². The standard InChI is InChI=1S/C13H16BrIO/c14-11-7-5-10(6-8-11)9-16-13-4-2-1-3-12(13)15/h5-8,12-13H,1-4,9H2. The molecule has 1 aromatic rings. The highest BCUT2D eigenvalue weighted by molar-refractivity contribution is 14.1. The van der Waals surface area contributed by atoms with E-state index in [0.717, 1.165) is 11.1 Å². The van der Waals surface area contributed by atoms with E-state index in [9.17, 15) is 0 Å². The van der Waals surface area contributed by atoms with Crippen LogP contribution in [-0.4, -0.2) is 10.0 Å². The van der Waals surface area contributed by atoms with Gasteiger partial charge in [0.05, 0.1) is 12.7 Å². The Labute approximate surface area is 119 Å². The monoisotopic (exact) mass is 394 g/mol. The first kappa shape index (κ1) is 12.8. The SMILES string of the molecule is Brc1ccc(COC2CCCCC2I)cc1. The van der Waals surface area contributed by atoms with Gasteiger partial charge in [-0.25, -0.2) is 0 Å². The molecule has 1 nitrogen and oxygen atoms in total. The smallest absolute Gasteiger partial charge is 0.0721 e. The van der Waals surface area contributed by atoms with Crippen molar-refractivity contribution in [1.29, 1.82) is 0 Å². The largest absolute Gasteiger partial charge is 0.372 e. The molecule has 0 amide bonds. The molecule has 0 heterocycles. The molecular formula is C13H16BrIO. The average Bonchev–Trinajstić information content (AvgIpc) is 2.30. The van der Waals surface area contributed by atoms with E-state index in [1.165, 1.54) is 31.2 Å². The maximum absolute atomic E-state index is 6.00. The highest BCUT2D eigenvalue weighted by Crippen LogP contribution is 2.28. The highest BCUT2D eigenvalue weighted by atomic mass is 127. The third-order valence-corrected chi connectivity index (χ3v) is 4.95. The van der Waals surface area contributed by atoms with Crippen LogP contribution in [0.3, 0.4) is 0 Å². The average molecular weight is 395 g/mol. The summed E-state index contributed by atoms with van der Waals surface area (Å²) in [6.07, 6.45) is 5.68. The fourth-order valence-electron chi connectivity index (χ4n) is 2.02.